The van der Waals surface area contributed by atoms with E-state index in [1.807, 2.05) is 6.92 Å². The van der Waals surface area contributed by atoms with Crippen LogP contribution in [0.3, 0.4) is 0 Å². The molecule has 2 rings (SSSR count). The zero-order valence-corrected chi connectivity index (χ0v) is 11.7. The predicted octanol–water partition coefficient (Wildman–Crippen LogP) is 2.55. The number of nitro benzene ring substituents is 1. The van der Waals surface area contributed by atoms with E-state index in [-0.39, 0.29) is 5.69 Å². The van der Waals surface area contributed by atoms with E-state index in [2.05, 4.69) is 10.6 Å². The van der Waals surface area contributed by atoms with Gasteiger partial charge in [-0.2, -0.15) is 0 Å². The summed E-state index contributed by atoms with van der Waals surface area (Å²) in [6, 6.07) is 5.60. The van der Waals surface area contributed by atoms with Crippen molar-refractivity contribution in [3.63, 3.8) is 0 Å². The maximum atomic E-state index is 10.9. The minimum atomic E-state index is -0.413. The van der Waals surface area contributed by atoms with Gasteiger partial charge >= 0.3 is 5.69 Å². The Morgan fingerprint density at radius 2 is 2.20 bits per heavy atom. The van der Waals surface area contributed by atoms with Crippen molar-refractivity contribution in [2.75, 3.05) is 25.0 Å². The molecule has 1 fully saturated rings. The summed E-state index contributed by atoms with van der Waals surface area (Å²) in [5.74, 6) is 0.331. The summed E-state index contributed by atoms with van der Waals surface area (Å²) < 4.78 is 5.45. The van der Waals surface area contributed by atoms with Crippen LogP contribution in [0.2, 0.25) is 0 Å². The van der Waals surface area contributed by atoms with Gasteiger partial charge in [-0.3, -0.25) is 10.1 Å². The number of hydrogen-bond acceptors (Lipinski definition) is 5. The molecule has 0 amide bonds. The summed E-state index contributed by atoms with van der Waals surface area (Å²) in [7, 11) is 0. The Balaban J connectivity index is 1.92. The van der Waals surface area contributed by atoms with Crippen LogP contribution in [0.15, 0.2) is 18.2 Å². The maximum Gasteiger partial charge on any atom is 0.311 e. The van der Waals surface area contributed by atoms with Crippen molar-refractivity contribution in [3.8, 4) is 5.75 Å². The monoisotopic (exact) mass is 279 g/mol. The highest BCUT2D eigenvalue weighted by atomic mass is 16.6. The molecular formula is C14H21N3O3. The zero-order chi connectivity index (χ0) is 14.4. The van der Waals surface area contributed by atoms with Crippen LogP contribution in [0.25, 0.3) is 0 Å². The van der Waals surface area contributed by atoms with Gasteiger partial charge in [-0.25, -0.2) is 0 Å². The van der Waals surface area contributed by atoms with Gasteiger partial charge in [-0.1, -0.05) is 6.92 Å². The van der Waals surface area contributed by atoms with E-state index < -0.39 is 4.92 Å². The van der Waals surface area contributed by atoms with Crippen molar-refractivity contribution < 1.29 is 9.66 Å². The lowest BCUT2D eigenvalue weighted by atomic mass is 10.2. The van der Waals surface area contributed by atoms with Crippen molar-refractivity contribution >= 4 is 11.4 Å². The van der Waals surface area contributed by atoms with Gasteiger partial charge in [0.15, 0.2) is 5.75 Å². The van der Waals surface area contributed by atoms with Crippen LogP contribution in [0.1, 0.15) is 26.2 Å². The van der Waals surface area contributed by atoms with Crippen LogP contribution in [0, 0.1) is 10.1 Å². The van der Waals surface area contributed by atoms with Gasteiger partial charge in [0.2, 0.25) is 0 Å². The SMILES string of the molecule is CCCOc1cc(NCCNC2CC2)ccc1[N+](=O)[O-]. The van der Waals surface area contributed by atoms with E-state index in [9.17, 15) is 10.1 Å². The van der Waals surface area contributed by atoms with E-state index in [0.29, 0.717) is 18.4 Å². The number of nitrogens with zero attached hydrogens (tertiary/aromatic N) is 1. The Bertz CT molecular complexity index is 461. The number of benzene rings is 1. The average Bonchev–Trinajstić information content (AvgIpc) is 3.25. The second-order valence-corrected chi connectivity index (χ2v) is 4.94. The first-order valence-corrected chi connectivity index (χ1v) is 7.09. The van der Waals surface area contributed by atoms with Gasteiger partial charge in [-0.05, 0) is 25.3 Å². The molecule has 1 aliphatic rings. The van der Waals surface area contributed by atoms with Gasteiger partial charge in [0.25, 0.3) is 0 Å². The Labute approximate surface area is 118 Å². The van der Waals surface area contributed by atoms with Crippen molar-refractivity contribution in [3.05, 3.63) is 28.3 Å². The summed E-state index contributed by atoms with van der Waals surface area (Å²) in [4.78, 5) is 10.5. The second-order valence-electron chi connectivity index (χ2n) is 4.94. The van der Waals surface area contributed by atoms with Gasteiger partial charge < -0.3 is 15.4 Å². The maximum absolute atomic E-state index is 10.9. The van der Waals surface area contributed by atoms with Crippen LogP contribution in [-0.2, 0) is 0 Å². The summed E-state index contributed by atoms with van der Waals surface area (Å²) in [5.41, 5.74) is 0.861. The summed E-state index contributed by atoms with van der Waals surface area (Å²) in [6.45, 7) is 4.14. The number of anilines is 1. The molecule has 1 saturated carbocycles. The largest absolute Gasteiger partial charge is 0.487 e. The predicted molar refractivity (Wildman–Crippen MR) is 78.4 cm³/mol. The standard InChI is InChI=1S/C14H21N3O3/c1-2-9-20-14-10-12(5-6-13(14)17(18)19)16-8-7-15-11-3-4-11/h5-6,10-11,15-16H,2-4,7-9H2,1H3. The molecule has 110 valence electrons. The average molecular weight is 279 g/mol. The molecule has 0 saturated heterocycles. The minimum Gasteiger partial charge on any atom is -0.487 e. The summed E-state index contributed by atoms with van der Waals surface area (Å²) in [5, 5.41) is 17.6. The fourth-order valence-corrected chi connectivity index (χ4v) is 1.87. The minimum absolute atomic E-state index is 0.0140. The molecule has 20 heavy (non-hydrogen) atoms. The van der Waals surface area contributed by atoms with Crippen LogP contribution in [0.4, 0.5) is 11.4 Å². The first kappa shape index (κ1) is 14.6. The van der Waals surface area contributed by atoms with E-state index >= 15 is 0 Å². The normalized spacial score (nSPS) is 14.1. The lowest BCUT2D eigenvalue weighted by Gasteiger charge is -2.10. The number of ether oxygens (including phenoxy) is 1. The quantitative estimate of drug-likeness (QED) is 0.413. The van der Waals surface area contributed by atoms with Crippen LogP contribution >= 0.6 is 0 Å². The molecule has 0 unspecified atom stereocenters. The van der Waals surface area contributed by atoms with Crippen molar-refractivity contribution in [1.29, 1.82) is 0 Å². The van der Waals surface area contributed by atoms with Crippen molar-refractivity contribution in [2.24, 2.45) is 0 Å². The highest BCUT2D eigenvalue weighted by Crippen LogP contribution is 2.30. The van der Waals surface area contributed by atoms with E-state index in [4.69, 9.17) is 4.74 Å². The number of nitrogens with one attached hydrogen (secondary N) is 2. The van der Waals surface area contributed by atoms with Crippen LogP contribution < -0.4 is 15.4 Å². The first-order valence-electron chi connectivity index (χ1n) is 7.09. The molecule has 0 bridgehead atoms. The van der Waals surface area contributed by atoms with Crippen molar-refractivity contribution in [1.82, 2.24) is 5.32 Å². The number of rotatable bonds is 9. The fourth-order valence-electron chi connectivity index (χ4n) is 1.87. The molecule has 0 aromatic heterocycles. The van der Waals surface area contributed by atoms with E-state index in [1.165, 1.54) is 18.9 Å². The molecule has 1 aliphatic carbocycles. The number of nitro groups is 1. The Hall–Kier alpha value is -1.82. The molecule has 2 N–H and O–H groups in total. The Morgan fingerprint density at radius 3 is 2.85 bits per heavy atom. The Kier molecular flexibility index (Phi) is 5.17. The lowest BCUT2D eigenvalue weighted by molar-refractivity contribution is -0.385. The molecular weight excluding hydrogens is 258 g/mol. The molecule has 6 heteroatoms. The molecule has 1 aromatic carbocycles. The van der Waals surface area contributed by atoms with Crippen molar-refractivity contribution in [2.45, 2.75) is 32.2 Å². The molecule has 1 aromatic rings. The van der Waals surface area contributed by atoms with Gasteiger partial charge in [0.1, 0.15) is 0 Å². The number of hydrogen-bond donors (Lipinski definition) is 2. The Morgan fingerprint density at radius 1 is 1.40 bits per heavy atom. The van der Waals surface area contributed by atoms with Gasteiger partial charge in [0.05, 0.1) is 11.5 Å². The first-order chi connectivity index (χ1) is 9.70. The van der Waals surface area contributed by atoms with Crippen LogP contribution in [-0.4, -0.2) is 30.7 Å². The highest BCUT2D eigenvalue weighted by molar-refractivity contribution is 5.58. The second kappa shape index (κ2) is 7.09. The molecule has 6 nitrogen and oxygen atoms in total. The summed E-state index contributed by atoms with van der Waals surface area (Å²) >= 11 is 0. The third kappa shape index (κ3) is 4.38. The van der Waals surface area contributed by atoms with Crippen LogP contribution in [0.5, 0.6) is 5.75 Å². The summed E-state index contributed by atoms with van der Waals surface area (Å²) in [6.07, 6.45) is 3.36. The molecule has 0 atom stereocenters. The molecule has 0 heterocycles. The fraction of sp³-hybridized carbons (Fsp3) is 0.571. The van der Waals surface area contributed by atoms with E-state index in [1.54, 1.807) is 12.1 Å². The van der Waals surface area contributed by atoms with Gasteiger partial charge in [0, 0.05) is 37.0 Å². The topological polar surface area (TPSA) is 76.4 Å². The lowest BCUT2D eigenvalue weighted by Crippen LogP contribution is -2.23. The third-order valence-corrected chi connectivity index (χ3v) is 3.08. The third-order valence-electron chi connectivity index (χ3n) is 3.08. The van der Waals surface area contributed by atoms with Gasteiger partial charge in [-0.15, -0.1) is 0 Å². The smallest absolute Gasteiger partial charge is 0.311 e. The zero-order valence-electron chi connectivity index (χ0n) is 11.7. The molecule has 0 radical (unpaired) electrons. The molecule has 0 aliphatic heterocycles. The highest BCUT2D eigenvalue weighted by Gasteiger charge is 2.19. The van der Waals surface area contributed by atoms with E-state index in [0.717, 1.165) is 25.2 Å². The molecule has 0 spiro atoms.